The van der Waals surface area contributed by atoms with Crippen LogP contribution in [0, 0.1) is 6.92 Å². The number of unbranched alkanes of at least 4 members (excludes halogenated alkanes) is 11. The van der Waals surface area contributed by atoms with Crippen molar-refractivity contribution in [2.75, 3.05) is 11.9 Å². The molecule has 0 unspecified atom stereocenters. The molecule has 0 spiro atoms. The lowest BCUT2D eigenvalue weighted by molar-refractivity contribution is -0.683. The first-order valence-corrected chi connectivity index (χ1v) is 17.2. The van der Waals surface area contributed by atoms with Gasteiger partial charge in [0, 0.05) is 16.8 Å². The summed E-state index contributed by atoms with van der Waals surface area (Å²) in [5.74, 6) is 0.823. The van der Waals surface area contributed by atoms with E-state index in [1.54, 1.807) is 11.3 Å². The van der Waals surface area contributed by atoms with Gasteiger partial charge < -0.3 is 27.0 Å². The minimum absolute atomic E-state index is 0. The third-order valence-corrected chi connectivity index (χ3v) is 8.69. The molecule has 4 nitrogen and oxygen atoms in total. The van der Waals surface area contributed by atoms with E-state index in [4.69, 9.17) is 4.74 Å². The van der Waals surface area contributed by atoms with E-state index in [9.17, 15) is 4.79 Å². The van der Waals surface area contributed by atoms with E-state index in [1.165, 1.54) is 81.1 Å². The van der Waals surface area contributed by atoms with E-state index in [2.05, 4.69) is 86.5 Å². The number of hydrogen-bond acceptors (Lipinski definition) is 3. The molecule has 0 radical (unpaired) electrons. The average Bonchev–Trinajstić information content (AvgIpc) is 3.35. The van der Waals surface area contributed by atoms with Gasteiger partial charge in [-0.25, -0.2) is 0 Å². The Morgan fingerprint density at radius 1 is 0.884 bits per heavy atom. The van der Waals surface area contributed by atoms with Crippen LogP contribution in [0.15, 0.2) is 54.2 Å². The van der Waals surface area contributed by atoms with Gasteiger partial charge in [0.2, 0.25) is 11.4 Å². The van der Waals surface area contributed by atoms with Crippen molar-refractivity contribution in [2.24, 2.45) is 0 Å². The van der Waals surface area contributed by atoms with Crippen molar-refractivity contribution >= 4 is 22.9 Å². The number of aromatic nitrogens is 1. The van der Waals surface area contributed by atoms with Gasteiger partial charge in [-0.3, -0.25) is 4.79 Å². The Morgan fingerprint density at radius 2 is 1.53 bits per heavy atom. The van der Waals surface area contributed by atoms with Crippen molar-refractivity contribution in [3.05, 3.63) is 75.7 Å². The molecule has 0 fully saturated rings. The molecule has 1 heterocycles. The van der Waals surface area contributed by atoms with Gasteiger partial charge >= 0.3 is 0 Å². The van der Waals surface area contributed by atoms with Gasteiger partial charge in [0.15, 0.2) is 12.7 Å². The number of thiazole rings is 1. The van der Waals surface area contributed by atoms with Gasteiger partial charge in [0.1, 0.15) is 5.75 Å². The van der Waals surface area contributed by atoms with Crippen molar-refractivity contribution in [2.45, 2.75) is 130 Å². The quantitative estimate of drug-likeness (QED) is 0.111. The molecule has 0 aliphatic rings. The van der Waals surface area contributed by atoms with Crippen molar-refractivity contribution in [1.82, 2.24) is 0 Å². The highest BCUT2D eigenvalue weighted by molar-refractivity contribution is 7.09. The van der Waals surface area contributed by atoms with E-state index in [0.29, 0.717) is 13.0 Å². The average molecular weight is 672 g/mol. The van der Waals surface area contributed by atoms with Gasteiger partial charge in [-0.1, -0.05) is 134 Å². The van der Waals surface area contributed by atoms with Crippen LogP contribution in [0.25, 0.3) is 0 Å². The first-order valence-electron chi connectivity index (χ1n) is 16.3. The topological polar surface area (TPSA) is 42.2 Å². The van der Waals surface area contributed by atoms with Crippen LogP contribution in [0.4, 0.5) is 5.69 Å². The predicted octanol–water partition coefficient (Wildman–Crippen LogP) is 6.95. The molecular formula is C37H55BrN2O2S. The number of ether oxygens (including phenoxy) is 1. The van der Waals surface area contributed by atoms with Crippen molar-refractivity contribution < 1.29 is 31.1 Å². The molecule has 3 rings (SSSR count). The number of aryl methyl sites for hydroxylation is 1. The van der Waals surface area contributed by atoms with Gasteiger partial charge in [0.25, 0.3) is 0 Å². The third kappa shape index (κ3) is 14.4. The Morgan fingerprint density at radius 3 is 2.14 bits per heavy atom. The molecule has 2 aromatic carbocycles. The second-order valence-electron chi connectivity index (χ2n) is 12.9. The normalized spacial score (nSPS) is 11.3. The number of rotatable bonds is 19. The number of nitrogens with one attached hydrogen (secondary N) is 1. The van der Waals surface area contributed by atoms with E-state index >= 15 is 0 Å². The van der Waals surface area contributed by atoms with Gasteiger partial charge in [-0.05, 0) is 42.5 Å². The van der Waals surface area contributed by atoms with Crippen LogP contribution in [-0.4, -0.2) is 12.5 Å². The number of amides is 1. The summed E-state index contributed by atoms with van der Waals surface area (Å²) >= 11 is 1.74. The van der Waals surface area contributed by atoms with Crippen LogP contribution in [0.1, 0.15) is 126 Å². The SMILES string of the molecule is CCCCCCCCCCCCCCOc1cc(C(C)(C)C)ccc1CC(=O)Nc1cccc(C[n+]2csc(C)c2)c1.[Br-]. The Labute approximate surface area is 276 Å². The summed E-state index contributed by atoms with van der Waals surface area (Å²) in [7, 11) is 0. The van der Waals surface area contributed by atoms with Crippen molar-refractivity contribution in [3.8, 4) is 5.75 Å². The van der Waals surface area contributed by atoms with E-state index in [-0.39, 0.29) is 28.3 Å². The molecule has 0 saturated carbocycles. The molecule has 0 aliphatic carbocycles. The maximum atomic E-state index is 13.1. The minimum atomic E-state index is -0.0232. The second-order valence-corrected chi connectivity index (χ2v) is 14.0. The van der Waals surface area contributed by atoms with Gasteiger partial charge in [-0.2, -0.15) is 4.57 Å². The Hall–Kier alpha value is -2.18. The number of anilines is 1. The largest absolute Gasteiger partial charge is 1.00 e. The molecule has 1 aromatic heterocycles. The summed E-state index contributed by atoms with van der Waals surface area (Å²) in [6.45, 7) is 12.5. The Balaban J connectivity index is 0.00000645. The highest BCUT2D eigenvalue weighted by Gasteiger charge is 2.18. The summed E-state index contributed by atoms with van der Waals surface area (Å²) in [5, 5.41) is 3.11. The molecule has 238 valence electrons. The number of carbonyl (C=O) groups excluding carboxylic acids is 1. The zero-order chi connectivity index (χ0) is 30.2. The lowest BCUT2D eigenvalue weighted by atomic mass is 9.86. The van der Waals surface area contributed by atoms with E-state index in [0.717, 1.165) is 35.5 Å². The fraction of sp³-hybridized carbons (Fsp3) is 0.568. The van der Waals surface area contributed by atoms with Crippen molar-refractivity contribution in [3.63, 3.8) is 0 Å². The molecular weight excluding hydrogens is 616 g/mol. The fourth-order valence-electron chi connectivity index (χ4n) is 5.29. The predicted molar refractivity (Wildman–Crippen MR) is 179 cm³/mol. The number of carbonyl (C=O) groups is 1. The summed E-state index contributed by atoms with van der Waals surface area (Å²) in [5.41, 5.74) is 6.31. The zero-order valence-corrected chi connectivity index (χ0v) is 29.8. The van der Waals surface area contributed by atoms with Crippen LogP contribution >= 0.6 is 11.3 Å². The lowest BCUT2D eigenvalue weighted by Crippen LogP contribution is -3.00. The Bertz CT molecular complexity index is 1220. The summed E-state index contributed by atoms with van der Waals surface area (Å²) in [6, 6.07) is 14.5. The van der Waals surface area contributed by atoms with Crippen LogP contribution in [0.3, 0.4) is 0 Å². The fourth-order valence-corrected chi connectivity index (χ4v) is 5.92. The molecule has 0 saturated heterocycles. The van der Waals surface area contributed by atoms with Gasteiger partial charge in [-0.15, -0.1) is 0 Å². The maximum absolute atomic E-state index is 13.1. The Kier molecular flexibility index (Phi) is 17.2. The highest BCUT2D eigenvalue weighted by atomic mass is 79.9. The molecule has 0 bridgehead atoms. The van der Waals surface area contributed by atoms with Crippen LogP contribution in [0.5, 0.6) is 5.75 Å². The maximum Gasteiger partial charge on any atom is 0.228 e. The van der Waals surface area contributed by atoms with Crippen LogP contribution in [-0.2, 0) is 23.2 Å². The van der Waals surface area contributed by atoms with Gasteiger partial charge in [0.05, 0.1) is 17.9 Å². The van der Waals surface area contributed by atoms with E-state index < -0.39 is 0 Å². The van der Waals surface area contributed by atoms with Crippen molar-refractivity contribution in [1.29, 1.82) is 0 Å². The standard InChI is InChI=1S/C37H54N2O2S.BrH/c1-6-7-8-9-10-11-12-13-14-15-16-17-23-41-35-26-33(37(3,4)5)22-21-32(35)25-36(40)38-34-20-18-19-31(24-34)28-39-27-30(2)42-29-39;/h18-22,24,26-27,29H,6-17,23,25,28H2,1-5H3;1H. The third-order valence-electron chi connectivity index (χ3n) is 7.84. The molecule has 1 amide bonds. The number of hydrogen-bond donors (Lipinski definition) is 1. The highest BCUT2D eigenvalue weighted by Crippen LogP contribution is 2.29. The first-order chi connectivity index (χ1) is 20.2. The monoisotopic (exact) mass is 670 g/mol. The molecule has 0 aliphatic heterocycles. The smallest absolute Gasteiger partial charge is 0.228 e. The number of nitrogens with zero attached hydrogens (tertiary/aromatic N) is 1. The number of benzene rings is 2. The molecule has 6 heteroatoms. The van der Waals surface area contributed by atoms with E-state index in [1.807, 2.05) is 12.1 Å². The molecule has 3 aromatic rings. The van der Waals surface area contributed by atoms with Crippen LogP contribution < -0.4 is 31.6 Å². The molecule has 43 heavy (non-hydrogen) atoms. The number of halogens is 1. The van der Waals surface area contributed by atoms with Crippen LogP contribution in [0.2, 0.25) is 0 Å². The second kappa shape index (κ2) is 20.0. The summed E-state index contributed by atoms with van der Waals surface area (Å²) in [4.78, 5) is 14.4. The first kappa shape index (κ1) is 37.0. The molecule has 0 atom stereocenters. The minimum Gasteiger partial charge on any atom is -1.00 e. The molecule has 1 N–H and O–H groups in total. The lowest BCUT2D eigenvalue weighted by Gasteiger charge is -2.21. The summed E-state index contributed by atoms with van der Waals surface area (Å²) < 4.78 is 8.50. The summed E-state index contributed by atoms with van der Waals surface area (Å²) in [6.07, 6.45) is 18.4. The zero-order valence-electron chi connectivity index (χ0n) is 27.4.